The summed E-state index contributed by atoms with van der Waals surface area (Å²) in [4.78, 5) is 39.1. The van der Waals surface area contributed by atoms with Gasteiger partial charge in [0.25, 0.3) is 11.8 Å². The third kappa shape index (κ3) is 5.16. The zero-order valence-corrected chi connectivity index (χ0v) is 20.5. The van der Waals surface area contributed by atoms with Crippen LogP contribution < -0.4 is 5.32 Å². The van der Waals surface area contributed by atoms with Gasteiger partial charge in [-0.15, -0.1) is 0 Å². The molecule has 1 N–H and O–H groups in total. The van der Waals surface area contributed by atoms with Gasteiger partial charge in [-0.1, -0.05) is 5.92 Å². The van der Waals surface area contributed by atoms with Gasteiger partial charge in [0.1, 0.15) is 23.2 Å². The van der Waals surface area contributed by atoms with E-state index < -0.39 is 23.5 Å². The van der Waals surface area contributed by atoms with Crippen molar-refractivity contribution in [3.05, 3.63) is 77.9 Å². The molecule has 5 rings (SSSR count). The number of benzene rings is 1. The summed E-state index contributed by atoms with van der Waals surface area (Å²) in [5.41, 5.74) is -0.129. The van der Waals surface area contributed by atoms with Gasteiger partial charge in [0.05, 0.1) is 17.3 Å². The second-order valence-electron chi connectivity index (χ2n) is 8.84. The number of likely N-dealkylation sites (tertiary alicyclic amines) is 1. The number of hydrogen-bond acceptors (Lipinski definition) is 5. The monoisotopic (exact) mass is 536 g/mol. The molecular weight excluding hydrogens is 516 g/mol. The average molecular weight is 536 g/mol. The van der Waals surface area contributed by atoms with E-state index in [-0.39, 0.29) is 28.8 Å². The first kappa shape index (κ1) is 25.8. The number of carbonyl (C=O) groups is 2. The van der Waals surface area contributed by atoms with Gasteiger partial charge in [0, 0.05) is 48.7 Å². The van der Waals surface area contributed by atoms with E-state index in [0.29, 0.717) is 42.6 Å². The van der Waals surface area contributed by atoms with Crippen molar-refractivity contribution in [2.24, 2.45) is 0 Å². The summed E-state index contributed by atoms with van der Waals surface area (Å²) >= 11 is 0. The average Bonchev–Trinajstić information content (AvgIpc) is 3.54. The third-order valence-corrected chi connectivity index (χ3v) is 6.36. The van der Waals surface area contributed by atoms with Crippen LogP contribution in [0, 0.1) is 17.7 Å². The topological polar surface area (TPSA) is 92.5 Å². The SMILES string of the molecule is CC#CC(=O)N1CC[C@@H](c2nc(-c3ccc(C(=O)Nc4cc(C(F)(F)F)ccn4)cc3F)c3cnccn23)C1. The second-order valence-corrected chi connectivity index (χ2v) is 8.84. The van der Waals surface area contributed by atoms with Gasteiger partial charge >= 0.3 is 6.18 Å². The third-order valence-electron chi connectivity index (χ3n) is 6.36. The van der Waals surface area contributed by atoms with Crippen molar-refractivity contribution in [1.82, 2.24) is 24.3 Å². The number of nitrogens with one attached hydrogen (secondary N) is 1. The Bertz CT molecular complexity index is 1650. The molecule has 4 aromatic rings. The zero-order valence-electron chi connectivity index (χ0n) is 20.5. The minimum absolute atomic E-state index is 0.107. The van der Waals surface area contributed by atoms with Crippen LogP contribution in [0.1, 0.15) is 41.0 Å². The van der Waals surface area contributed by atoms with Crippen molar-refractivity contribution in [2.75, 3.05) is 18.4 Å². The normalized spacial score (nSPS) is 15.2. The Balaban J connectivity index is 1.42. The second kappa shape index (κ2) is 10.2. The van der Waals surface area contributed by atoms with E-state index in [1.807, 2.05) is 0 Å². The van der Waals surface area contributed by atoms with E-state index in [1.54, 1.807) is 34.8 Å². The van der Waals surface area contributed by atoms with Crippen molar-refractivity contribution in [3.8, 4) is 23.1 Å². The number of rotatable bonds is 4. The smallest absolute Gasteiger partial charge is 0.331 e. The molecule has 198 valence electrons. The summed E-state index contributed by atoms with van der Waals surface area (Å²) in [6.45, 7) is 2.53. The highest BCUT2D eigenvalue weighted by Gasteiger charge is 2.32. The molecule has 0 saturated carbocycles. The number of alkyl halides is 3. The fourth-order valence-corrected chi connectivity index (χ4v) is 4.50. The first-order valence-electron chi connectivity index (χ1n) is 11.8. The van der Waals surface area contributed by atoms with Gasteiger partial charge in [0.15, 0.2) is 0 Å². The van der Waals surface area contributed by atoms with Crippen molar-refractivity contribution in [1.29, 1.82) is 0 Å². The number of pyridine rings is 1. The standard InChI is InChI=1S/C27H20F4N6O2/c1-2-3-23(38)36-10-7-17(15-36)25-35-24(21-14-32-9-11-37(21)25)19-5-4-16(12-20(19)28)26(39)34-22-13-18(6-8-33-22)27(29,30)31/h4-6,8-9,11-14,17H,7,10,15H2,1H3,(H,33,34,39)/t17-/m1/s1. The quantitative estimate of drug-likeness (QED) is 0.306. The summed E-state index contributed by atoms with van der Waals surface area (Å²) in [6.07, 6.45) is 1.81. The molecule has 0 spiro atoms. The first-order valence-corrected chi connectivity index (χ1v) is 11.8. The zero-order chi connectivity index (χ0) is 27.7. The lowest BCUT2D eigenvalue weighted by atomic mass is 10.1. The minimum atomic E-state index is -4.60. The first-order chi connectivity index (χ1) is 18.7. The Morgan fingerprint density at radius 3 is 2.72 bits per heavy atom. The molecule has 1 atom stereocenters. The van der Waals surface area contributed by atoms with E-state index in [9.17, 15) is 22.8 Å². The fourth-order valence-electron chi connectivity index (χ4n) is 4.50. The highest BCUT2D eigenvalue weighted by Crippen LogP contribution is 2.34. The van der Waals surface area contributed by atoms with Crippen LogP contribution >= 0.6 is 0 Å². The predicted octanol–water partition coefficient (Wildman–Crippen LogP) is 4.54. The van der Waals surface area contributed by atoms with Gasteiger partial charge in [-0.05, 0) is 49.6 Å². The summed E-state index contributed by atoms with van der Waals surface area (Å²) in [6, 6.07) is 5.19. The summed E-state index contributed by atoms with van der Waals surface area (Å²) in [7, 11) is 0. The van der Waals surface area contributed by atoms with E-state index in [4.69, 9.17) is 4.98 Å². The Kier molecular flexibility index (Phi) is 6.74. The Morgan fingerprint density at radius 2 is 1.97 bits per heavy atom. The van der Waals surface area contributed by atoms with Crippen LogP contribution in [0.3, 0.4) is 0 Å². The Labute approximate surface area is 219 Å². The number of hydrogen-bond donors (Lipinski definition) is 1. The summed E-state index contributed by atoms with van der Waals surface area (Å²) in [5, 5.41) is 2.26. The van der Waals surface area contributed by atoms with Gasteiger partial charge in [-0.25, -0.2) is 14.4 Å². The maximum Gasteiger partial charge on any atom is 0.416 e. The number of nitrogens with zero attached hydrogens (tertiary/aromatic N) is 5. The molecular formula is C27H20F4N6O2. The van der Waals surface area contributed by atoms with Crippen molar-refractivity contribution >= 4 is 23.1 Å². The largest absolute Gasteiger partial charge is 0.416 e. The highest BCUT2D eigenvalue weighted by atomic mass is 19.4. The molecule has 0 aliphatic carbocycles. The van der Waals surface area contributed by atoms with Crippen molar-refractivity contribution in [2.45, 2.75) is 25.4 Å². The molecule has 1 aliphatic heterocycles. The number of aromatic nitrogens is 4. The lowest BCUT2D eigenvalue weighted by Gasteiger charge is -2.12. The molecule has 3 aromatic heterocycles. The van der Waals surface area contributed by atoms with Crippen LogP contribution in [-0.4, -0.2) is 49.2 Å². The molecule has 12 heteroatoms. The number of fused-ring (bicyclic) bond motifs is 1. The molecule has 1 saturated heterocycles. The van der Waals surface area contributed by atoms with E-state index >= 15 is 4.39 Å². The molecule has 1 aromatic carbocycles. The van der Waals surface area contributed by atoms with Crippen molar-refractivity contribution < 1.29 is 27.2 Å². The Hall–Kier alpha value is -4.79. The number of amides is 2. The van der Waals surface area contributed by atoms with Gasteiger partial charge < -0.3 is 10.2 Å². The molecule has 1 aliphatic rings. The van der Waals surface area contributed by atoms with E-state index in [0.717, 1.165) is 18.3 Å². The minimum Gasteiger partial charge on any atom is -0.331 e. The molecule has 2 amide bonds. The molecule has 0 bridgehead atoms. The molecule has 1 fully saturated rings. The molecule has 39 heavy (non-hydrogen) atoms. The van der Waals surface area contributed by atoms with E-state index in [1.165, 1.54) is 12.1 Å². The molecule has 4 heterocycles. The molecule has 8 nitrogen and oxygen atoms in total. The summed E-state index contributed by atoms with van der Waals surface area (Å²) in [5.74, 6) is 3.52. The lowest BCUT2D eigenvalue weighted by Crippen LogP contribution is -2.27. The predicted molar refractivity (Wildman–Crippen MR) is 133 cm³/mol. The van der Waals surface area contributed by atoms with Crippen LogP contribution in [0.2, 0.25) is 0 Å². The van der Waals surface area contributed by atoms with Crippen LogP contribution in [0.25, 0.3) is 16.8 Å². The van der Waals surface area contributed by atoms with Gasteiger partial charge in [-0.2, -0.15) is 13.2 Å². The maximum atomic E-state index is 15.3. The van der Waals surface area contributed by atoms with Crippen LogP contribution in [0.4, 0.5) is 23.4 Å². The number of halogens is 4. The molecule has 0 unspecified atom stereocenters. The molecule has 0 radical (unpaired) electrons. The summed E-state index contributed by atoms with van der Waals surface area (Å²) < 4.78 is 56.0. The maximum absolute atomic E-state index is 15.3. The van der Waals surface area contributed by atoms with Crippen LogP contribution in [0.5, 0.6) is 0 Å². The highest BCUT2D eigenvalue weighted by molar-refractivity contribution is 6.04. The number of anilines is 1. The lowest BCUT2D eigenvalue weighted by molar-refractivity contribution is -0.137. The fraction of sp³-hybridized carbons (Fsp3) is 0.222. The number of imidazole rings is 1. The Morgan fingerprint density at radius 1 is 1.15 bits per heavy atom. The van der Waals surface area contributed by atoms with E-state index in [2.05, 4.69) is 27.1 Å². The van der Waals surface area contributed by atoms with Crippen LogP contribution in [-0.2, 0) is 11.0 Å². The van der Waals surface area contributed by atoms with Crippen LogP contribution in [0.15, 0.2) is 55.1 Å². The van der Waals surface area contributed by atoms with Gasteiger partial charge in [-0.3, -0.25) is 19.0 Å². The number of carbonyl (C=O) groups excluding carboxylic acids is 2. The van der Waals surface area contributed by atoms with Gasteiger partial charge in [0.2, 0.25) is 0 Å². The van der Waals surface area contributed by atoms with Crippen molar-refractivity contribution in [3.63, 3.8) is 0 Å².